The summed E-state index contributed by atoms with van der Waals surface area (Å²) in [5.74, 6) is 0. The first kappa shape index (κ1) is 13.9. The minimum Gasteiger partial charge on any atom is -0.298 e. The van der Waals surface area contributed by atoms with Crippen molar-refractivity contribution < 1.29 is 9.72 Å². The summed E-state index contributed by atoms with van der Waals surface area (Å²) in [4.78, 5) is 21.6. The number of benzene rings is 1. The minimum atomic E-state index is -0.444. The van der Waals surface area contributed by atoms with Crippen LogP contribution in [-0.4, -0.2) is 21.0 Å². The lowest BCUT2D eigenvalue weighted by molar-refractivity contribution is -0.384. The molecule has 0 bridgehead atoms. The van der Waals surface area contributed by atoms with Gasteiger partial charge in [0.25, 0.3) is 5.69 Å². The molecule has 0 N–H and O–H groups in total. The van der Waals surface area contributed by atoms with Crippen LogP contribution in [0.15, 0.2) is 24.3 Å². The van der Waals surface area contributed by atoms with Crippen LogP contribution in [0.1, 0.15) is 35.6 Å². The quantitative estimate of drug-likeness (QED) is 0.476. The van der Waals surface area contributed by atoms with Gasteiger partial charge in [-0.3, -0.25) is 14.9 Å². The van der Waals surface area contributed by atoms with E-state index in [9.17, 15) is 14.9 Å². The fourth-order valence-electron chi connectivity index (χ4n) is 2.20. The standard InChI is InChI=1S/C14H15N3O3/c1-3-13-12(9-18)14(4-2)16(15-13)10-6-5-7-11(8-10)17(19)20/h5-9H,3-4H2,1-2H3. The van der Waals surface area contributed by atoms with E-state index < -0.39 is 4.92 Å². The second-order valence-electron chi connectivity index (χ2n) is 4.32. The number of carbonyl (C=O) groups is 1. The molecule has 1 aromatic carbocycles. The molecular formula is C14H15N3O3. The number of nitrogens with zero attached hydrogens (tertiary/aromatic N) is 3. The van der Waals surface area contributed by atoms with E-state index in [0.717, 1.165) is 12.0 Å². The van der Waals surface area contributed by atoms with Gasteiger partial charge in [-0.1, -0.05) is 19.9 Å². The topological polar surface area (TPSA) is 78.0 Å². The summed E-state index contributed by atoms with van der Waals surface area (Å²) in [7, 11) is 0. The molecule has 0 saturated heterocycles. The SMILES string of the molecule is CCc1nn(-c2cccc([N+](=O)[O-])c2)c(CC)c1C=O. The van der Waals surface area contributed by atoms with Crippen molar-refractivity contribution in [1.29, 1.82) is 0 Å². The first-order valence-electron chi connectivity index (χ1n) is 6.43. The Balaban J connectivity index is 2.63. The van der Waals surface area contributed by atoms with Gasteiger partial charge in [0.1, 0.15) is 0 Å². The van der Waals surface area contributed by atoms with E-state index >= 15 is 0 Å². The molecule has 0 saturated carbocycles. The van der Waals surface area contributed by atoms with E-state index in [1.807, 2.05) is 13.8 Å². The third-order valence-electron chi connectivity index (χ3n) is 3.17. The Kier molecular flexibility index (Phi) is 3.93. The largest absolute Gasteiger partial charge is 0.298 e. The summed E-state index contributed by atoms with van der Waals surface area (Å²) in [5, 5.41) is 15.2. The number of hydrogen-bond acceptors (Lipinski definition) is 4. The number of aryl methyl sites for hydroxylation is 1. The number of rotatable bonds is 5. The Labute approximate surface area is 116 Å². The zero-order valence-corrected chi connectivity index (χ0v) is 11.4. The molecule has 0 unspecified atom stereocenters. The Morgan fingerprint density at radius 1 is 1.35 bits per heavy atom. The Morgan fingerprint density at radius 3 is 2.65 bits per heavy atom. The predicted octanol–water partition coefficient (Wildman–Crippen LogP) is 2.72. The number of hydrogen-bond donors (Lipinski definition) is 0. The van der Waals surface area contributed by atoms with Crippen molar-refractivity contribution in [1.82, 2.24) is 9.78 Å². The maximum absolute atomic E-state index is 11.2. The number of carbonyl (C=O) groups excluding carboxylic acids is 1. The lowest BCUT2D eigenvalue weighted by atomic mass is 10.1. The fraction of sp³-hybridized carbons (Fsp3) is 0.286. The van der Waals surface area contributed by atoms with Gasteiger partial charge in [-0.2, -0.15) is 5.10 Å². The first-order chi connectivity index (χ1) is 9.62. The predicted molar refractivity (Wildman–Crippen MR) is 74.4 cm³/mol. The van der Waals surface area contributed by atoms with Crippen molar-refractivity contribution >= 4 is 12.0 Å². The highest BCUT2D eigenvalue weighted by Gasteiger charge is 2.17. The van der Waals surface area contributed by atoms with Crippen molar-refractivity contribution in [3.63, 3.8) is 0 Å². The third kappa shape index (κ3) is 2.32. The summed E-state index contributed by atoms with van der Waals surface area (Å²) in [6.45, 7) is 3.85. The van der Waals surface area contributed by atoms with E-state index in [1.54, 1.807) is 16.8 Å². The zero-order chi connectivity index (χ0) is 14.7. The van der Waals surface area contributed by atoms with Crippen LogP contribution in [0.5, 0.6) is 0 Å². The van der Waals surface area contributed by atoms with Gasteiger partial charge in [0, 0.05) is 12.1 Å². The van der Waals surface area contributed by atoms with E-state index in [-0.39, 0.29) is 5.69 Å². The summed E-state index contributed by atoms with van der Waals surface area (Å²) < 4.78 is 1.62. The maximum atomic E-state index is 11.2. The molecule has 2 rings (SSSR count). The highest BCUT2D eigenvalue weighted by atomic mass is 16.6. The number of nitro groups is 1. The van der Waals surface area contributed by atoms with E-state index in [4.69, 9.17) is 0 Å². The van der Waals surface area contributed by atoms with Crippen LogP contribution < -0.4 is 0 Å². The average Bonchev–Trinajstić information content (AvgIpc) is 2.84. The van der Waals surface area contributed by atoms with Gasteiger partial charge in [-0.15, -0.1) is 0 Å². The maximum Gasteiger partial charge on any atom is 0.271 e. The van der Waals surface area contributed by atoms with Crippen LogP contribution in [0, 0.1) is 10.1 Å². The summed E-state index contributed by atoms with van der Waals surface area (Å²) >= 11 is 0. The van der Waals surface area contributed by atoms with Crippen molar-refractivity contribution in [2.75, 3.05) is 0 Å². The van der Waals surface area contributed by atoms with Crippen LogP contribution in [0.25, 0.3) is 5.69 Å². The van der Waals surface area contributed by atoms with Crippen LogP contribution in [0.3, 0.4) is 0 Å². The van der Waals surface area contributed by atoms with E-state index in [1.165, 1.54) is 12.1 Å². The van der Waals surface area contributed by atoms with Gasteiger partial charge < -0.3 is 0 Å². The average molecular weight is 273 g/mol. The molecule has 0 aliphatic rings. The Morgan fingerprint density at radius 2 is 2.10 bits per heavy atom. The smallest absolute Gasteiger partial charge is 0.271 e. The molecule has 0 atom stereocenters. The fourth-order valence-corrected chi connectivity index (χ4v) is 2.20. The van der Waals surface area contributed by atoms with E-state index in [2.05, 4.69) is 5.10 Å². The molecule has 0 fully saturated rings. The molecule has 20 heavy (non-hydrogen) atoms. The minimum absolute atomic E-state index is 0.00533. The van der Waals surface area contributed by atoms with Crippen LogP contribution in [-0.2, 0) is 12.8 Å². The van der Waals surface area contributed by atoms with Crippen molar-refractivity contribution in [2.45, 2.75) is 26.7 Å². The van der Waals surface area contributed by atoms with Gasteiger partial charge in [0.2, 0.25) is 0 Å². The molecule has 1 heterocycles. The van der Waals surface area contributed by atoms with Gasteiger partial charge in [-0.25, -0.2) is 4.68 Å². The molecule has 0 aliphatic carbocycles. The summed E-state index contributed by atoms with van der Waals surface area (Å²) in [6.07, 6.45) is 2.07. The molecule has 0 spiro atoms. The molecule has 0 amide bonds. The highest BCUT2D eigenvalue weighted by molar-refractivity contribution is 5.78. The van der Waals surface area contributed by atoms with Crippen molar-refractivity contribution in [3.05, 3.63) is 51.3 Å². The van der Waals surface area contributed by atoms with Crippen molar-refractivity contribution in [2.24, 2.45) is 0 Å². The Bertz CT molecular complexity index is 662. The second kappa shape index (κ2) is 5.64. The van der Waals surface area contributed by atoms with Crippen LogP contribution in [0.4, 0.5) is 5.69 Å². The number of nitro benzene ring substituents is 1. The zero-order valence-electron chi connectivity index (χ0n) is 11.4. The van der Waals surface area contributed by atoms with E-state index in [0.29, 0.717) is 29.8 Å². The lowest BCUT2D eigenvalue weighted by Crippen LogP contribution is -2.03. The monoisotopic (exact) mass is 273 g/mol. The summed E-state index contributed by atoms with van der Waals surface area (Å²) in [5.41, 5.74) is 2.67. The van der Waals surface area contributed by atoms with Crippen molar-refractivity contribution in [3.8, 4) is 5.69 Å². The molecule has 0 radical (unpaired) electrons. The Hall–Kier alpha value is -2.50. The van der Waals surface area contributed by atoms with Gasteiger partial charge in [-0.05, 0) is 18.9 Å². The van der Waals surface area contributed by atoms with Gasteiger partial charge >= 0.3 is 0 Å². The lowest BCUT2D eigenvalue weighted by Gasteiger charge is -2.05. The van der Waals surface area contributed by atoms with Crippen LogP contribution >= 0.6 is 0 Å². The molecule has 104 valence electrons. The molecule has 0 aliphatic heterocycles. The molecule has 1 aromatic heterocycles. The summed E-state index contributed by atoms with van der Waals surface area (Å²) in [6, 6.07) is 6.24. The molecule has 6 heteroatoms. The number of aldehydes is 1. The number of non-ortho nitro benzene ring substituents is 1. The normalized spacial score (nSPS) is 10.5. The van der Waals surface area contributed by atoms with Crippen LogP contribution in [0.2, 0.25) is 0 Å². The third-order valence-corrected chi connectivity index (χ3v) is 3.17. The first-order valence-corrected chi connectivity index (χ1v) is 6.43. The number of aromatic nitrogens is 2. The van der Waals surface area contributed by atoms with Gasteiger partial charge in [0.05, 0.1) is 27.6 Å². The van der Waals surface area contributed by atoms with Gasteiger partial charge in [0.15, 0.2) is 6.29 Å². The molecular weight excluding hydrogens is 258 g/mol. The molecule has 6 nitrogen and oxygen atoms in total. The second-order valence-corrected chi connectivity index (χ2v) is 4.32. The molecule has 2 aromatic rings. The highest BCUT2D eigenvalue weighted by Crippen LogP contribution is 2.22.